The molecule has 25 heavy (non-hydrogen) atoms. The van der Waals surface area contributed by atoms with Gasteiger partial charge in [0.2, 0.25) is 0 Å². The molecule has 0 aromatic rings. The predicted molar refractivity (Wildman–Crippen MR) is 97.9 cm³/mol. The zero-order chi connectivity index (χ0) is 18.4. The minimum absolute atomic E-state index is 0.226. The number of carbonyl (C=O) groups excluding carboxylic acids is 1. The highest BCUT2D eigenvalue weighted by molar-refractivity contribution is 5.69. The van der Waals surface area contributed by atoms with Crippen molar-refractivity contribution in [3.8, 4) is 0 Å². The summed E-state index contributed by atoms with van der Waals surface area (Å²) in [6.07, 6.45) is 7.99. The second-order valence-corrected chi connectivity index (χ2v) is 5.77. The number of unbranched alkanes of at least 4 members (excludes halogenated alkanes) is 5. The van der Waals surface area contributed by atoms with Crippen LogP contribution in [0.2, 0.25) is 0 Å². The summed E-state index contributed by atoms with van der Waals surface area (Å²) in [6, 6.07) is 0. The van der Waals surface area contributed by atoms with Crippen LogP contribution in [0, 0.1) is 0 Å². The Morgan fingerprint density at radius 3 is 1.64 bits per heavy atom. The normalized spacial score (nSPS) is 11.0. The fourth-order valence-electron chi connectivity index (χ4n) is 2.13. The lowest BCUT2D eigenvalue weighted by Crippen LogP contribution is -2.13. The smallest absolute Gasteiger partial charge is 0.308 e. The van der Waals surface area contributed by atoms with Gasteiger partial charge in [-0.1, -0.05) is 39.0 Å². The van der Waals surface area contributed by atoms with E-state index in [-0.39, 0.29) is 12.4 Å². The average Bonchev–Trinajstić information content (AvgIpc) is 2.61. The number of rotatable bonds is 20. The van der Waals surface area contributed by atoms with Gasteiger partial charge < -0.3 is 23.7 Å². The Morgan fingerprint density at radius 2 is 1.08 bits per heavy atom. The molecule has 0 spiro atoms. The van der Waals surface area contributed by atoms with Crippen LogP contribution in [0.25, 0.3) is 0 Å². The van der Waals surface area contributed by atoms with E-state index in [1.165, 1.54) is 32.1 Å². The zero-order valence-corrected chi connectivity index (χ0v) is 16.3. The van der Waals surface area contributed by atoms with Crippen molar-refractivity contribution in [1.29, 1.82) is 0 Å². The van der Waals surface area contributed by atoms with E-state index < -0.39 is 0 Å². The first-order valence-corrected chi connectivity index (χ1v) is 9.77. The Labute approximate surface area is 153 Å². The van der Waals surface area contributed by atoms with Gasteiger partial charge in [0.25, 0.3) is 0 Å². The van der Waals surface area contributed by atoms with Crippen LogP contribution in [0.1, 0.15) is 58.8 Å². The summed E-state index contributed by atoms with van der Waals surface area (Å²) < 4.78 is 26.4. The summed E-state index contributed by atoms with van der Waals surface area (Å²) >= 11 is 0. The summed E-state index contributed by atoms with van der Waals surface area (Å²) in [5.74, 6) is -0.226. The molecule has 0 aromatic heterocycles. The van der Waals surface area contributed by atoms with Crippen LogP contribution >= 0.6 is 0 Å². The predicted octanol–water partition coefficient (Wildman–Crippen LogP) is 3.37. The number of carbonyl (C=O) groups is 1. The van der Waals surface area contributed by atoms with Crippen LogP contribution in [0.3, 0.4) is 0 Å². The van der Waals surface area contributed by atoms with Crippen molar-refractivity contribution >= 4 is 5.97 Å². The lowest BCUT2D eigenvalue weighted by molar-refractivity contribution is -0.144. The highest BCUT2D eigenvalue weighted by Crippen LogP contribution is 2.04. The van der Waals surface area contributed by atoms with Gasteiger partial charge in [-0.25, -0.2) is 0 Å². The monoisotopic (exact) mass is 362 g/mol. The molecule has 0 amide bonds. The maximum Gasteiger partial charge on any atom is 0.308 e. The van der Waals surface area contributed by atoms with Crippen molar-refractivity contribution in [3.05, 3.63) is 0 Å². The van der Waals surface area contributed by atoms with Gasteiger partial charge in [0.1, 0.15) is 0 Å². The molecule has 0 rings (SSSR count). The molecule has 0 aromatic carbocycles. The zero-order valence-electron chi connectivity index (χ0n) is 16.3. The topological polar surface area (TPSA) is 63.2 Å². The van der Waals surface area contributed by atoms with E-state index in [1.54, 1.807) is 6.92 Å². The van der Waals surface area contributed by atoms with Crippen molar-refractivity contribution in [1.82, 2.24) is 0 Å². The van der Waals surface area contributed by atoms with Crippen molar-refractivity contribution in [2.75, 3.05) is 59.5 Å². The molecule has 0 bridgehead atoms. The standard InChI is InChI=1S/C19H38O6/c1-3-5-6-7-8-9-11-21-13-15-23-17-18-24-16-14-22-12-10-19(20)25-4-2/h3-18H2,1-2H3. The summed E-state index contributed by atoms with van der Waals surface area (Å²) in [5.41, 5.74) is 0. The third-order valence-electron chi connectivity index (χ3n) is 3.51. The number of hydrogen-bond donors (Lipinski definition) is 0. The first kappa shape index (κ1) is 24.3. The molecule has 0 fully saturated rings. The van der Waals surface area contributed by atoms with E-state index >= 15 is 0 Å². The molecular formula is C19H38O6. The van der Waals surface area contributed by atoms with E-state index in [0.717, 1.165) is 13.0 Å². The molecule has 0 atom stereocenters. The Balaban J connectivity index is 3.02. The van der Waals surface area contributed by atoms with Gasteiger partial charge in [0.15, 0.2) is 0 Å². The maximum absolute atomic E-state index is 11.1. The molecular weight excluding hydrogens is 324 g/mol. The molecule has 0 radical (unpaired) electrons. The second kappa shape index (κ2) is 21.4. The molecule has 6 nitrogen and oxygen atoms in total. The Kier molecular flexibility index (Phi) is 20.8. The minimum Gasteiger partial charge on any atom is -0.466 e. The number of ether oxygens (including phenoxy) is 5. The van der Waals surface area contributed by atoms with Gasteiger partial charge in [-0.3, -0.25) is 4.79 Å². The van der Waals surface area contributed by atoms with Crippen LogP contribution < -0.4 is 0 Å². The van der Waals surface area contributed by atoms with Crippen molar-refractivity contribution in [2.45, 2.75) is 58.8 Å². The molecule has 6 heteroatoms. The van der Waals surface area contributed by atoms with Crippen molar-refractivity contribution in [2.24, 2.45) is 0 Å². The SMILES string of the molecule is CCCCCCCCOCCOCCOCCOCCC(=O)OCC. The summed E-state index contributed by atoms with van der Waals surface area (Å²) in [4.78, 5) is 11.1. The first-order chi connectivity index (χ1) is 12.3. The third-order valence-corrected chi connectivity index (χ3v) is 3.51. The Bertz CT molecular complexity index is 273. The van der Waals surface area contributed by atoms with Gasteiger partial charge in [-0.05, 0) is 13.3 Å². The van der Waals surface area contributed by atoms with Gasteiger partial charge in [-0.2, -0.15) is 0 Å². The largest absolute Gasteiger partial charge is 0.466 e. The van der Waals surface area contributed by atoms with E-state index in [1.807, 2.05) is 0 Å². The summed E-state index contributed by atoms with van der Waals surface area (Å²) in [5, 5.41) is 0. The quantitative estimate of drug-likeness (QED) is 0.244. The molecule has 0 aliphatic carbocycles. The van der Waals surface area contributed by atoms with E-state index in [0.29, 0.717) is 52.9 Å². The van der Waals surface area contributed by atoms with Crippen molar-refractivity contribution in [3.63, 3.8) is 0 Å². The first-order valence-electron chi connectivity index (χ1n) is 9.77. The number of esters is 1. The van der Waals surface area contributed by atoms with E-state index in [2.05, 4.69) is 6.92 Å². The van der Waals surface area contributed by atoms with Crippen LogP contribution in [0.5, 0.6) is 0 Å². The van der Waals surface area contributed by atoms with E-state index in [4.69, 9.17) is 23.7 Å². The molecule has 0 saturated heterocycles. The highest BCUT2D eigenvalue weighted by atomic mass is 16.6. The van der Waals surface area contributed by atoms with Crippen LogP contribution in [0.15, 0.2) is 0 Å². The number of hydrogen-bond acceptors (Lipinski definition) is 6. The van der Waals surface area contributed by atoms with Gasteiger partial charge in [0.05, 0.1) is 59.3 Å². The van der Waals surface area contributed by atoms with Crippen LogP contribution in [-0.2, 0) is 28.5 Å². The molecule has 0 saturated carbocycles. The Morgan fingerprint density at radius 1 is 0.600 bits per heavy atom. The van der Waals surface area contributed by atoms with Gasteiger partial charge >= 0.3 is 5.97 Å². The molecule has 150 valence electrons. The molecule has 0 heterocycles. The molecule has 0 aliphatic rings. The van der Waals surface area contributed by atoms with Crippen LogP contribution in [-0.4, -0.2) is 65.4 Å². The average molecular weight is 363 g/mol. The second-order valence-electron chi connectivity index (χ2n) is 5.77. The molecule has 0 unspecified atom stereocenters. The lowest BCUT2D eigenvalue weighted by Gasteiger charge is -2.07. The third kappa shape index (κ3) is 21.3. The maximum atomic E-state index is 11.1. The summed E-state index contributed by atoms with van der Waals surface area (Å²) in [7, 11) is 0. The van der Waals surface area contributed by atoms with Gasteiger partial charge in [0, 0.05) is 6.61 Å². The Hall–Kier alpha value is -0.690. The molecule has 0 N–H and O–H groups in total. The van der Waals surface area contributed by atoms with Crippen molar-refractivity contribution < 1.29 is 28.5 Å². The molecule has 0 aliphatic heterocycles. The highest BCUT2D eigenvalue weighted by Gasteiger charge is 2.00. The van der Waals surface area contributed by atoms with Crippen LogP contribution in [0.4, 0.5) is 0 Å². The fraction of sp³-hybridized carbons (Fsp3) is 0.947. The van der Waals surface area contributed by atoms with E-state index in [9.17, 15) is 4.79 Å². The van der Waals surface area contributed by atoms with Gasteiger partial charge in [-0.15, -0.1) is 0 Å². The fourth-order valence-corrected chi connectivity index (χ4v) is 2.13. The lowest BCUT2D eigenvalue weighted by atomic mass is 10.1. The summed E-state index contributed by atoms with van der Waals surface area (Å²) in [6.45, 7) is 8.95. The minimum atomic E-state index is -0.226.